The van der Waals surface area contributed by atoms with Crippen LogP contribution < -0.4 is 19.7 Å². The second-order valence-electron chi connectivity index (χ2n) is 7.74. The Kier molecular flexibility index (Phi) is 7.19. The summed E-state index contributed by atoms with van der Waals surface area (Å²) < 4.78 is 11.0. The van der Waals surface area contributed by atoms with Crippen molar-refractivity contribution in [3.05, 3.63) is 83.7 Å². The minimum absolute atomic E-state index is 0.0453. The zero-order chi connectivity index (χ0) is 23.0. The van der Waals surface area contributed by atoms with Crippen LogP contribution in [0, 0.1) is 0 Å². The number of aryl methyl sites for hydroxylation is 1. The Morgan fingerprint density at radius 2 is 1.88 bits per heavy atom. The van der Waals surface area contributed by atoms with E-state index in [4.69, 9.17) is 9.47 Å². The van der Waals surface area contributed by atoms with Gasteiger partial charge < -0.3 is 19.7 Å². The fourth-order valence-electron chi connectivity index (χ4n) is 3.88. The van der Waals surface area contributed by atoms with Gasteiger partial charge in [-0.2, -0.15) is 0 Å². The maximum Gasteiger partial charge on any atom is 0.253 e. The molecule has 0 unspecified atom stereocenters. The molecule has 0 bridgehead atoms. The molecule has 1 aliphatic rings. The Balaban J connectivity index is 1.41. The first-order valence-corrected chi connectivity index (χ1v) is 11.0. The van der Waals surface area contributed by atoms with E-state index in [0.29, 0.717) is 36.7 Å². The van der Waals surface area contributed by atoms with E-state index in [1.807, 2.05) is 54.6 Å². The van der Waals surface area contributed by atoms with Gasteiger partial charge in [-0.25, -0.2) is 0 Å². The van der Waals surface area contributed by atoms with Crippen molar-refractivity contribution in [1.29, 1.82) is 0 Å². The minimum atomic E-state index is -0.246. The van der Waals surface area contributed by atoms with Gasteiger partial charge in [0.2, 0.25) is 5.91 Å². The molecule has 0 atom stereocenters. The van der Waals surface area contributed by atoms with Crippen LogP contribution in [0.5, 0.6) is 11.5 Å². The number of rotatable bonds is 8. The van der Waals surface area contributed by atoms with E-state index < -0.39 is 0 Å². The number of nitrogens with one attached hydrogen (secondary N) is 1. The molecule has 7 nitrogen and oxygen atoms in total. The Morgan fingerprint density at radius 3 is 2.70 bits per heavy atom. The van der Waals surface area contributed by atoms with Crippen LogP contribution >= 0.6 is 0 Å². The molecule has 4 rings (SSSR count). The Hall–Kier alpha value is -3.87. The molecule has 3 aromatic rings. The second-order valence-corrected chi connectivity index (χ2v) is 7.74. The molecule has 0 aliphatic carbocycles. The standard InChI is InChI=1S/C26H27N3O4/c1-32-24-12-6-5-8-19(24)17-25(30)29-14-7-11-22-23(29)16-20(18-28-22)26(31)27-13-15-33-21-9-3-2-4-10-21/h2-6,8-10,12,16,18H,7,11,13-15,17H2,1H3,(H,27,31). The van der Waals surface area contributed by atoms with Crippen LogP contribution in [0.15, 0.2) is 66.9 Å². The van der Waals surface area contributed by atoms with Gasteiger partial charge in [0, 0.05) is 18.3 Å². The van der Waals surface area contributed by atoms with Crippen LogP contribution in [0.3, 0.4) is 0 Å². The summed E-state index contributed by atoms with van der Waals surface area (Å²) in [4.78, 5) is 32.0. The minimum Gasteiger partial charge on any atom is -0.496 e. The maximum atomic E-state index is 13.2. The molecule has 0 spiro atoms. The normalized spacial score (nSPS) is 12.6. The molecule has 1 N–H and O–H groups in total. The predicted molar refractivity (Wildman–Crippen MR) is 126 cm³/mol. The van der Waals surface area contributed by atoms with Crippen molar-refractivity contribution < 1.29 is 19.1 Å². The number of carbonyl (C=O) groups is 2. The molecule has 2 aromatic carbocycles. The predicted octanol–water partition coefficient (Wildman–Crippen LogP) is 3.42. The number of benzene rings is 2. The molecule has 1 aromatic heterocycles. The Bertz CT molecular complexity index is 1120. The zero-order valence-corrected chi connectivity index (χ0v) is 18.6. The molecule has 0 saturated heterocycles. The van der Waals surface area contributed by atoms with Crippen LogP contribution in [0.2, 0.25) is 0 Å². The van der Waals surface area contributed by atoms with Gasteiger partial charge in [-0.15, -0.1) is 0 Å². The fraction of sp³-hybridized carbons (Fsp3) is 0.269. The maximum absolute atomic E-state index is 13.2. The number of ether oxygens (including phenoxy) is 2. The summed E-state index contributed by atoms with van der Waals surface area (Å²) in [6, 6.07) is 18.7. The molecule has 0 saturated carbocycles. The number of para-hydroxylation sites is 2. The summed E-state index contributed by atoms with van der Waals surface area (Å²) in [5.74, 6) is 1.15. The lowest BCUT2D eigenvalue weighted by atomic mass is 10.0. The first-order chi connectivity index (χ1) is 16.2. The van der Waals surface area contributed by atoms with Crippen LogP contribution in [-0.4, -0.2) is 43.6 Å². The van der Waals surface area contributed by atoms with Crippen molar-refractivity contribution >= 4 is 17.5 Å². The average molecular weight is 446 g/mol. The molecule has 170 valence electrons. The summed E-state index contributed by atoms with van der Waals surface area (Å²) in [7, 11) is 1.60. The van der Waals surface area contributed by atoms with Gasteiger partial charge in [-0.05, 0) is 37.1 Å². The van der Waals surface area contributed by atoms with E-state index in [2.05, 4.69) is 10.3 Å². The summed E-state index contributed by atoms with van der Waals surface area (Å²) in [6.07, 6.45) is 3.40. The van der Waals surface area contributed by atoms with Gasteiger partial charge in [0.15, 0.2) is 0 Å². The van der Waals surface area contributed by atoms with Gasteiger partial charge in [0.05, 0.1) is 37.0 Å². The summed E-state index contributed by atoms with van der Waals surface area (Å²) in [5.41, 5.74) is 2.79. The Morgan fingerprint density at radius 1 is 1.09 bits per heavy atom. The highest BCUT2D eigenvalue weighted by Gasteiger charge is 2.25. The molecule has 0 radical (unpaired) electrons. The molecular formula is C26H27N3O4. The lowest BCUT2D eigenvalue weighted by Gasteiger charge is -2.29. The molecule has 33 heavy (non-hydrogen) atoms. The number of aromatic nitrogens is 1. The number of hydrogen-bond donors (Lipinski definition) is 1. The van der Waals surface area contributed by atoms with Gasteiger partial charge in [0.25, 0.3) is 5.91 Å². The SMILES string of the molecule is COc1ccccc1CC(=O)N1CCCc2ncc(C(=O)NCCOc3ccccc3)cc21. The number of amides is 2. The molecule has 1 aliphatic heterocycles. The third kappa shape index (κ3) is 5.49. The van der Waals surface area contributed by atoms with Gasteiger partial charge >= 0.3 is 0 Å². The van der Waals surface area contributed by atoms with Crippen LogP contribution in [0.4, 0.5) is 5.69 Å². The highest BCUT2D eigenvalue weighted by molar-refractivity contribution is 5.99. The number of hydrogen-bond acceptors (Lipinski definition) is 5. The van der Waals surface area contributed by atoms with E-state index in [1.165, 1.54) is 0 Å². The summed E-state index contributed by atoms with van der Waals surface area (Å²) in [5, 5.41) is 2.85. The van der Waals surface area contributed by atoms with Crippen molar-refractivity contribution in [3.8, 4) is 11.5 Å². The van der Waals surface area contributed by atoms with Crippen molar-refractivity contribution in [3.63, 3.8) is 0 Å². The lowest BCUT2D eigenvalue weighted by molar-refractivity contribution is -0.118. The van der Waals surface area contributed by atoms with Gasteiger partial charge in [-0.1, -0.05) is 36.4 Å². The fourth-order valence-corrected chi connectivity index (χ4v) is 3.88. The molecule has 2 heterocycles. The smallest absolute Gasteiger partial charge is 0.253 e. The van der Waals surface area contributed by atoms with Crippen LogP contribution in [0.1, 0.15) is 28.0 Å². The first kappa shape index (κ1) is 22.3. The lowest BCUT2D eigenvalue weighted by Crippen LogP contribution is -2.37. The van der Waals surface area contributed by atoms with Crippen molar-refractivity contribution in [2.45, 2.75) is 19.3 Å². The third-order valence-electron chi connectivity index (χ3n) is 5.53. The third-order valence-corrected chi connectivity index (χ3v) is 5.53. The first-order valence-electron chi connectivity index (χ1n) is 11.0. The van der Waals surface area contributed by atoms with E-state index in [0.717, 1.165) is 29.8 Å². The topological polar surface area (TPSA) is 80.8 Å². The molecular weight excluding hydrogens is 418 g/mol. The second kappa shape index (κ2) is 10.6. The highest BCUT2D eigenvalue weighted by atomic mass is 16.5. The quantitative estimate of drug-likeness (QED) is 0.538. The van der Waals surface area contributed by atoms with E-state index in [9.17, 15) is 9.59 Å². The zero-order valence-electron chi connectivity index (χ0n) is 18.6. The Labute approximate surface area is 193 Å². The van der Waals surface area contributed by atoms with Crippen LogP contribution in [-0.2, 0) is 17.6 Å². The van der Waals surface area contributed by atoms with Crippen molar-refractivity contribution in [2.75, 3.05) is 31.7 Å². The van der Waals surface area contributed by atoms with Crippen molar-refractivity contribution in [1.82, 2.24) is 10.3 Å². The summed E-state index contributed by atoms with van der Waals surface area (Å²) in [6.45, 7) is 1.32. The number of fused-ring (bicyclic) bond motifs is 1. The largest absolute Gasteiger partial charge is 0.496 e. The number of carbonyl (C=O) groups excluding carboxylic acids is 2. The van der Waals surface area contributed by atoms with E-state index in [-0.39, 0.29) is 18.2 Å². The van der Waals surface area contributed by atoms with E-state index in [1.54, 1.807) is 24.3 Å². The van der Waals surface area contributed by atoms with Gasteiger partial charge in [0.1, 0.15) is 18.1 Å². The van der Waals surface area contributed by atoms with E-state index >= 15 is 0 Å². The molecule has 2 amide bonds. The monoisotopic (exact) mass is 445 g/mol. The van der Waals surface area contributed by atoms with Gasteiger partial charge in [-0.3, -0.25) is 14.6 Å². The summed E-state index contributed by atoms with van der Waals surface area (Å²) >= 11 is 0. The number of anilines is 1. The molecule has 7 heteroatoms. The highest BCUT2D eigenvalue weighted by Crippen LogP contribution is 2.28. The number of methoxy groups -OCH3 is 1. The van der Waals surface area contributed by atoms with Crippen LogP contribution in [0.25, 0.3) is 0 Å². The average Bonchev–Trinajstić information content (AvgIpc) is 2.86. The van der Waals surface area contributed by atoms with Crippen molar-refractivity contribution in [2.24, 2.45) is 0 Å². The number of pyridine rings is 1. The number of nitrogens with zero attached hydrogens (tertiary/aromatic N) is 2. The molecule has 0 fully saturated rings.